The fourth-order valence-corrected chi connectivity index (χ4v) is 4.62. The van der Waals surface area contributed by atoms with Crippen LogP contribution < -0.4 is 10.2 Å². The number of ether oxygens (including phenoxy) is 1. The van der Waals surface area contributed by atoms with Gasteiger partial charge in [-0.3, -0.25) is 0 Å². The van der Waals surface area contributed by atoms with Gasteiger partial charge in [0, 0.05) is 50.9 Å². The first-order valence-corrected chi connectivity index (χ1v) is 12.1. The van der Waals surface area contributed by atoms with Gasteiger partial charge < -0.3 is 24.4 Å². The smallest absolute Gasteiger partial charge is 0.410 e. The van der Waals surface area contributed by atoms with Gasteiger partial charge in [0.1, 0.15) is 17.2 Å². The third-order valence-electron chi connectivity index (χ3n) is 6.28. The molecule has 0 atom stereocenters. The Labute approximate surface area is 205 Å². The highest BCUT2D eigenvalue weighted by atomic mass is 16.6. The molecule has 0 saturated carbocycles. The molecule has 3 aromatic heterocycles. The molecule has 0 unspecified atom stereocenters. The summed E-state index contributed by atoms with van der Waals surface area (Å²) in [6, 6.07) is 3.96. The molecule has 4 heterocycles. The second-order valence-corrected chi connectivity index (χ2v) is 9.92. The van der Waals surface area contributed by atoms with Crippen molar-refractivity contribution in [2.45, 2.75) is 53.2 Å². The monoisotopic (exact) mass is 476 g/mol. The van der Waals surface area contributed by atoms with Crippen LogP contribution in [0.5, 0.6) is 0 Å². The minimum atomic E-state index is -0.484. The minimum Gasteiger partial charge on any atom is -0.444 e. The number of piperazine rings is 1. The van der Waals surface area contributed by atoms with Crippen molar-refractivity contribution in [3.05, 3.63) is 41.6 Å². The van der Waals surface area contributed by atoms with Gasteiger partial charge in [0.15, 0.2) is 0 Å². The van der Waals surface area contributed by atoms with E-state index in [0.717, 1.165) is 60.2 Å². The van der Waals surface area contributed by atoms with Gasteiger partial charge in [0.05, 0.1) is 29.0 Å². The number of aromatic nitrogens is 5. The Morgan fingerprint density at radius 1 is 1.09 bits per heavy atom. The number of nitrogens with zero attached hydrogens (tertiary/aromatic N) is 7. The largest absolute Gasteiger partial charge is 0.444 e. The first kappa shape index (κ1) is 23.1. The van der Waals surface area contributed by atoms with Gasteiger partial charge >= 0.3 is 6.09 Å². The van der Waals surface area contributed by atoms with Gasteiger partial charge in [-0.2, -0.15) is 0 Å². The molecule has 3 aromatic rings. The van der Waals surface area contributed by atoms with Crippen LogP contribution in [0.1, 0.15) is 44.8 Å². The summed E-state index contributed by atoms with van der Waals surface area (Å²) in [6.45, 7) is 13.4. The molecule has 1 amide bonds. The van der Waals surface area contributed by atoms with Crippen molar-refractivity contribution in [1.29, 1.82) is 0 Å². The summed E-state index contributed by atoms with van der Waals surface area (Å²) >= 11 is 0. The average molecular weight is 477 g/mol. The number of aryl methyl sites for hydroxylation is 1. The molecule has 1 fully saturated rings. The van der Waals surface area contributed by atoms with Crippen molar-refractivity contribution < 1.29 is 9.53 Å². The Hall–Kier alpha value is -3.69. The number of anilines is 3. The van der Waals surface area contributed by atoms with Crippen molar-refractivity contribution in [2.75, 3.05) is 36.4 Å². The molecule has 1 N–H and O–H groups in total. The summed E-state index contributed by atoms with van der Waals surface area (Å²) in [5, 5.41) is 3.23. The molecule has 1 saturated heterocycles. The van der Waals surface area contributed by atoms with Crippen molar-refractivity contribution in [3.63, 3.8) is 0 Å². The Morgan fingerprint density at radius 2 is 1.86 bits per heavy atom. The maximum absolute atomic E-state index is 12.3. The van der Waals surface area contributed by atoms with Gasteiger partial charge in [-0.25, -0.2) is 24.7 Å². The lowest BCUT2D eigenvalue weighted by atomic mass is 10.2. The van der Waals surface area contributed by atoms with E-state index < -0.39 is 5.60 Å². The number of rotatable bonds is 4. The molecule has 184 valence electrons. The number of hydrogen-bond donors (Lipinski definition) is 1. The second-order valence-electron chi connectivity index (χ2n) is 9.92. The number of fused-ring (bicyclic) bond motifs is 3. The molecule has 2 aliphatic rings. The van der Waals surface area contributed by atoms with Crippen LogP contribution in [0.4, 0.5) is 22.2 Å². The Bertz CT molecular complexity index is 1240. The zero-order valence-corrected chi connectivity index (χ0v) is 21.0. The quantitative estimate of drug-likeness (QED) is 0.475. The number of imidazole rings is 1. The van der Waals surface area contributed by atoms with Crippen molar-refractivity contribution in [2.24, 2.45) is 0 Å². The molecular weight excluding hydrogens is 444 g/mol. The summed E-state index contributed by atoms with van der Waals surface area (Å²) in [5.41, 5.74) is 4.74. The SMILES string of the molecule is CCn1c(C)nc2c1-c1nc(Nc3ccc(N4CCN(C(=O)OC(C)(C)C)CC4)cn3)ncc1C2. The fraction of sp³-hybridized carbons (Fsp3) is 0.480. The summed E-state index contributed by atoms with van der Waals surface area (Å²) in [4.78, 5) is 34.8. The first-order valence-electron chi connectivity index (χ1n) is 12.1. The van der Waals surface area contributed by atoms with Gasteiger partial charge in [-0.1, -0.05) is 0 Å². The van der Waals surface area contributed by atoms with E-state index in [4.69, 9.17) is 14.7 Å². The van der Waals surface area contributed by atoms with Gasteiger partial charge in [-0.05, 0) is 46.8 Å². The van der Waals surface area contributed by atoms with Gasteiger partial charge in [-0.15, -0.1) is 0 Å². The van der Waals surface area contributed by atoms with E-state index in [9.17, 15) is 4.79 Å². The zero-order valence-electron chi connectivity index (χ0n) is 21.0. The molecule has 0 spiro atoms. The topological polar surface area (TPSA) is 101 Å². The van der Waals surface area contributed by atoms with E-state index in [2.05, 4.69) is 31.7 Å². The molecule has 1 aliphatic heterocycles. The van der Waals surface area contributed by atoms with Crippen LogP contribution in [0.15, 0.2) is 24.5 Å². The third kappa shape index (κ3) is 4.65. The Balaban J connectivity index is 1.23. The van der Waals surface area contributed by atoms with Crippen LogP contribution in [0.3, 0.4) is 0 Å². The van der Waals surface area contributed by atoms with E-state index in [1.807, 2.05) is 52.2 Å². The van der Waals surface area contributed by atoms with E-state index in [0.29, 0.717) is 24.9 Å². The number of carbonyl (C=O) groups excluding carboxylic acids is 1. The highest BCUT2D eigenvalue weighted by Gasteiger charge is 2.28. The Morgan fingerprint density at radius 3 is 2.51 bits per heavy atom. The van der Waals surface area contributed by atoms with Crippen LogP contribution in [-0.2, 0) is 17.7 Å². The average Bonchev–Trinajstić information content (AvgIpc) is 3.32. The normalized spacial score (nSPS) is 15.1. The van der Waals surface area contributed by atoms with Crippen LogP contribution in [0, 0.1) is 6.92 Å². The van der Waals surface area contributed by atoms with Gasteiger partial charge in [0.25, 0.3) is 0 Å². The van der Waals surface area contributed by atoms with Gasteiger partial charge in [0.2, 0.25) is 5.95 Å². The molecule has 10 heteroatoms. The summed E-state index contributed by atoms with van der Waals surface area (Å²) in [5.74, 6) is 2.21. The molecule has 1 aliphatic carbocycles. The predicted molar refractivity (Wildman–Crippen MR) is 134 cm³/mol. The highest BCUT2D eigenvalue weighted by Crippen LogP contribution is 2.36. The molecule has 0 aromatic carbocycles. The van der Waals surface area contributed by atoms with Crippen molar-refractivity contribution in [3.8, 4) is 11.4 Å². The summed E-state index contributed by atoms with van der Waals surface area (Å²) < 4.78 is 7.68. The lowest BCUT2D eigenvalue weighted by Gasteiger charge is -2.36. The lowest BCUT2D eigenvalue weighted by Crippen LogP contribution is -2.50. The number of pyridine rings is 1. The van der Waals surface area contributed by atoms with E-state index in [1.54, 1.807) is 4.90 Å². The van der Waals surface area contributed by atoms with Crippen LogP contribution in [0.2, 0.25) is 0 Å². The maximum atomic E-state index is 12.3. The second kappa shape index (κ2) is 8.83. The minimum absolute atomic E-state index is 0.256. The standard InChI is InChI=1S/C25H32N8O2/c1-6-33-16(2)28-19-13-17-14-27-23(30-21(17)22(19)33)29-20-8-7-18(15-26-20)31-9-11-32(12-10-31)24(34)35-25(3,4)5/h7-8,14-15H,6,9-13H2,1-5H3,(H,26,27,29,30). The molecule has 0 radical (unpaired) electrons. The first-order chi connectivity index (χ1) is 16.7. The Kier molecular flexibility index (Phi) is 5.82. The number of amides is 1. The van der Waals surface area contributed by atoms with Crippen molar-refractivity contribution >= 4 is 23.5 Å². The van der Waals surface area contributed by atoms with E-state index in [1.165, 1.54) is 0 Å². The molecular formula is C25H32N8O2. The van der Waals surface area contributed by atoms with Crippen LogP contribution in [-0.4, -0.2) is 67.3 Å². The van der Waals surface area contributed by atoms with Crippen LogP contribution >= 0.6 is 0 Å². The fourth-order valence-electron chi connectivity index (χ4n) is 4.62. The summed E-state index contributed by atoms with van der Waals surface area (Å²) in [6.07, 6.45) is 4.23. The van der Waals surface area contributed by atoms with Crippen molar-refractivity contribution in [1.82, 2.24) is 29.4 Å². The van der Waals surface area contributed by atoms with E-state index in [-0.39, 0.29) is 6.09 Å². The molecule has 0 bridgehead atoms. The lowest BCUT2D eigenvalue weighted by molar-refractivity contribution is 0.0240. The molecule has 35 heavy (non-hydrogen) atoms. The van der Waals surface area contributed by atoms with Crippen LogP contribution in [0.25, 0.3) is 11.4 Å². The predicted octanol–water partition coefficient (Wildman–Crippen LogP) is 3.77. The number of nitrogens with one attached hydrogen (secondary N) is 1. The third-order valence-corrected chi connectivity index (χ3v) is 6.28. The number of hydrogen-bond acceptors (Lipinski definition) is 8. The zero-order chi connectivity index (χ0) is 24.7. The molecule has 10 nitrogen and oxygen atoms in total. The highest BCUT2D eigenvalue weighted by molar-refractivity contribution is 5.71. The van der Waals surface area contributed by atoms with E-state index >= 15 is 0 Å². The maximum Gasteiger partial charge on any atom is 0.410 e. The summed E-state index contributed by atoms with van der Waals surface area (Å²) in [7, 11) is 0. The number of carbonyl (C=O) groups is 1. The molecule has 5 rings (SSSR count).